The molecule has 0 aliphatic heterocycles. The van der Waals surface area contributed by atoms with Gasteiger partial charge >= 0.3 is 0 Å². The van der Waals surface area contributed by atoms with Crippen LogP contribution in [0.1, 0.15) is 44.0 Å². The van der Waals surface area contributed by atoms with Crippen molar-refractivity contribution in [3.63, 3.8) is 0 Å². The van der Waals surface area contributed by atoms with Crippen LogP contribution in [-0.4, -0.2) is 17.4 Å². The quantitative estimate of drug-likeness (QED) is 0.547. The Morgan fingerprint density at radius 3 is 2.69 bits per heavy atom. The number of pyridine rings is 1. The molecule has 1 heterocycles. The van der Waals surface area contributed by atoms with Gasteiger partial charge in [-0.15, -0.1) is 0 Å². The van der Waals surface area contributed by atoms with Crippen LogP contribution < -0.4 is 4.74 Å². The molecule has 0 spiro atoms. The molecule has 0 saturated heterocycles. The Balaban J connectivity index is 2.35. The molecule has 0 fully saturated rings. The van der Waals surface area contributed by atoms with Crippen molar-refractivity contribution in [3.05, 3.63) is 23.9 Å². The van der Waals surface area contributed by atoms with Crippen LogP contribution in [0, 0.1) is 5.92 Å². The van der Waals surface area contributed by atoms with E-state index in [9.17, 15) is 4.79 Å². The highest BCUT2D eigenvalue weighted by Gasteiger charge is 2.01. The lowest BCUT2D eigenvalue weighted by Crippen LogP contribution is -2.01. The Bertz CT molecular complexity index is 330. The number of carbonyl (C=O) groups is 1. The Labute approximate surface area is 96.8 Å². The molecule has 0 aromatic carbocycles. The Morgan fingerprint density at radius 2 is 2.19 bits per heavy atom. The molecule has 3 heteroatoms. The number of Topliss-reactive ketones (excluding diaryl/α,β-unsaturated/α-hetero) is 1. The fraction of sp³-hybridized carbons (Fsp3) is 0.538. The third-order valence-electron chi connectivity index (χ3n) is 2.32. The van der Waals surface area contributed by atoms with E-state index < -0.39 is 0 Å². The van der Waals surface area contributed by atoms with E-state index in [-0.39, 0.29) is 5.78 Å². The normalized spacial score (nSPS) is 10.5. The molecule has 0 aliphatic rings. The fourth-order valence-corrected chi connectivity index (χ4v) is 1.34. The summed E-state index contributed by atoms with van der Waals surface area (Å²) in [6.07, 6.45) is 3.75. The second kappa shape index (κ2) is 6.26. The zero-order chi connectivity index (χ0) is 12.0. The predicted molar refractivity (Wildman–Crippen MR) is 63.8 cm³/mol. The summed E-state index contributed by atoms with van der Waals surface area (Å²) in [5.74, 6) is 1.32. The van der Waals surface area contributed by atoms with E-state index in [1.165, 1.54) is 6.92 Å². The molecule has 1 rings (SSSR count). The molecule has 0 bridgehead atoms. The van der Waals surface area contributed by atoms with Gasteiger partial charge in [-0.05, 0) is 31.7 Å². The van der Waals surface area contributed by atoms with Crippen molar-refractivity contribution in [2.75, 3.05) is 6.61 Å². The van der Waals surface area contributed by atoms with Crippen molar-refractivity contribution in [1.29, 1.82) is 0 Å². The van der Waals surface area contributed by atoms with E-state index in [0.717, 1.165) is 12.8 Å². The van der Waals surface area contributed by atoms with Gasteiger partial charge in [-0.3, -0.25) is 4.79 Å². The maximum atomic E-state index is 11.0. The first-order chi connectivity index (χ1) is 7.59. The molecule has 1 aromatic rings. The van der Waals surface area contributed by atoms with E-state index >= 15 is 0 Å². The summed E-state index contributed by atoms with van der Waals surface area (Å²) in [4.78, 5) is 15.1. The topological polar surface area (TPSA) is 39.2 Å². The van der Waals surface area contributed by atoms with Gasteiger partial charge in [-0.1, -0.05) is 13.8 Å². The summed E-state index contributed by atoms with van der Waals surface area (Å²) < 4.78 is 5.47. The van der Waals surface area contributed by atoms with Gasteiger partial charge in [-0.25, -0.2) is 4.98 Å². The molecule has 0 unspecified atom stereocenters. The molecule has 88 valence electrons. The van der Waals surface area contributed by atoms with Crippen LogP contribution in [-0.2, 0) is 0 Å². The van der Waals surface area contributed by atoms with Crippen LogP contribution in [0.3, 0.4) is 0 Å². The van der Waals surface area contributed by atoms with Crippen molar-refractivity contribution >= 4 is 5.78 Å². The van der Waals surface area contributed by atoms with Crippen molar-refractivity contribution in [2.24, 2.45) is 5.92 Å². The van der Waals surface area contributed by atoms with E-state index in [1.807, 2.05) is 0 Å². The van der Waals surface area contributed by atoms with Gasteiger partial charge in [0.05, 0.1) is 6.61 Å². The maximum absolute atomic E-state index is 11.0. The van der Waals surface area contributed by atoms with Crippen LogP contribution in [0.15, 0.2) is 18.3 Å². The lowest BCUT2D eigenvalue weighted by Gasteiger charge is -2.06. The third kappa shape index (κ3) is 4.43. The lowest BCUT2D eigenvalue weighted by atomic mass is 10.1. The molecule has 0 aliphatic carbocycles. The predicted octanol–water partition coefficient (Wildman–Crippen LogP) is 3.10. The molecule has 3 nitrogen and oxygen atoms in total. The molecule has 0 amide bonds. The molecule has 0 radical (unpaired) electrons. The molecular weight excluding hydrogens is 202 g/mol. The number of hydrogen-bond acceptors (Lipinski definition) is 3. The van der Waals surface area contributed by atoms with Gasteiger partial charge in [-0.2, -0.15) is 0 Å². The first-order valence-electron chi connectivity index (χ1n) is 5.69. The summed E-state index contributed by atoms with van der Waals surface area (Å²) in [7, 11) is 0. The standard InChI is InChI=1S/C13H19NO2/c1-10(2)5-4-8-16-13-7-6-12(9-14-13)11(3)15/h6-7,9-10H,4-5,8H2,1-3H3. The number of ketones is 1. The maximum Gasteiger partial charge on any atom is 0.213 e. The number of carbonyl (C=O) groups excluding carboxylic acids is 1. The van der Waals surface area contributed by atoms with E-state index in [4.69, 9.17) is 4.74 Å². The van der Waals surface area contributed by atoms with Crippen LogP contribution in [0.4, 0.5) is 0 Å². The third-order valence-corrected chi connectivity index (χ3v) is 2.32. The van der Waals surface area contributed by atoms with Gasteiger partial charge in [0.2, 0.25) is 5.88 Å². The van der Waals surface area contributed by atoms with E-state index in [0.29, 0.717) is 24.0 Å². The average Bonchev–Trinajstić information content (AvgIpc) is 2.25. The van der Waals surface area contributed by atoms with Crippen LogP contribution in [0.25, 0.3) is 0 Å². The zero-order valence-corrected chi connectivity index (χ0v) is 10.2. The van der Waals surface area contributed by atoms with E-state index in [2.05, 4.69) is 18.8 Å². The number of rotatable bonds is 6. The highest BCUT2D eigenvalue weighted by Crippen LogP contribution is 2.10. The minimum Gasteiger partial charge on any atom is -0.478 e. The molecule has 1 aromatic heterocycles. The van der Waals surface area contributed by atoms with Gasteiger partial charge in [0.25, 0.3) is 0 Å². The van der Waals surface area contributed by atoms with Crippen LogP contribution in [0.5, 0.6) is 5.88 Å². The number of hydrogen-bond donors (Lipinski definition) is 0. The summed E-state index contributed by atoms with van der Waals surface area (Å²) >= 11 is 0. The zero-order valence-electron chi connectivity index (χ0n) is 10.2. The first-order valence-corrected chi connectivity index (χ1v) is 5.69. The van der Waals surface area contributed by atoms with Crippen LogP contribution in [0.2, 0.25) is 0 Å². The van der Waals surface area contributed by atoms with Crippen molar-refractivity contribution < 1.29 is 9.53 Å². The monoisotopic (exact) mass is 221 g/mol. The van der Waals surface area contributed by atoms with Crippen molar-refractivity contribution in [2.45, 2.75) is 33.6 Å². The lowest BCUT2D eigenvalue weighted by molar-refractivity contribution is 0.101. The van der Waals surface area contributed by atoms with Gasteiger partial charge in [0.15, 0.2) is 5.78 Å². The SMILES string of the molecule is CC(=O)c1ccc(OCCCC(C)C)nc1. The Hall–Kier alpha value is -1.38. The van der Waals surface area contributed by atoms with Crippen molar-refractivity contribution in [1.82, 2.24) is 4.98 Å². The molecular formula is C13H19NO2. The number of ether oxygens (including phenoxy) is 1. The Morgan fingerprint density at radius 1 is 1.44 bits per heavy atom. The number of aromatic nitrogens is 1. The summed E-state index contributed by atoms with van der Waals surface area (Å²) in [5, 5.41) is 0. The minimum atomic E-state index is 0.0267. The van der Waals surface area contributed by atoms with Gasteiger partial charge in [0, 0.05) is 17.8 Å². The summed E-state index contributed by atoms with van der Waals surface area (Å²) in [6, 6.07) is 3.49. The van der Waals surface area contributed by atoms with E-state index in [1.54, 1.807) is 18.3 Å². The average molecular weight is 221 g/mol. The smallest absolute Gasteiger partial charge is 0.213 e. The molecule has 16 heavy (non-hydrogen) atoms. The highest BCUT2D eigenvalue weighted by molar-refractivity contribution is 5.93. The minimum absolute atomic E-state index is 0.0267. The number of nitrogens with zero attached hydrogens (tertiary/aromatic N) is 1. The second-order valence-electron chi connectivity index (χ2n) is 4.33. The first kappa shape index (κ1) is 12.7. The molecule has 0 atom stereocenters. The molecule has 0 N–H and O–H groups in total. The summed E-state index contributed by atoms with van der Waals surface area (Å²) in [6.45, 7) is 6.60. The Kier molecular flexibility index (Phi) is 4.96. The fourth-order valence-electron chi connectivity index (χ4n) is 1.34. The summed E-state index contributed by atoms with van der Waals surface area (Å²) in [5.41, 5.74) is 0.620. The highest BCUT2D eigenvalue weighted by atomic mass is 16.5. The largest absolute Gasteiger partial charge is 0.478 e. The second-order valence-corrected chi connectivity index (χ2v) is 4.33. The van der Waals surface area contributed by atoms with Crippen molar-refractivity contribution in [3.8, 4) is 5.88 Å². The molecule has 0 saturated carbocycles. The van der Waals surface area contributed by atoms with Gasteiger partial charge < -0.3 is 4.74 Å². The van der Waals surface area contributed by atoms with Gasteiger partial charge in [0.1, 0.15) is 0 Å². The van der Waals surface area contributed by atoms with Crippen LogP contribution >= 0.6 is 0 Å².